The zero-order chi connectivity index (χ0) is 28.5. The number of piperidine rings is 1. The van der Waals surface area contributed by atoms with Gasteiger partial charge >= 0.3 is 0 Å². The first-order valence-electron chi connectivity index (χ1n) is 12.5. The topological polar surface area (TPSA) is 118 Å². The van der Waals surface area contributed by atoms with Gasteiger partial charge in [0, 0.05) is 35.6 Å². The maximum atomic E-state index is 13.2. The van der Waals surface area contributed by atoms with Crippen molar-refractivity contribution in [1.29, 1.82) is 0 Å². The lowest BCUT2D eigenvalue weighted by molar-refractivity contribution is -0.135. The van der Waals surface area contributed by atoms with E-state index in [9.17, 15) is 26.8 Å². The molecule has 212 valence electrons. The Labute approximate surface area is 231 Å². The highest BCUT2D eigenvalue weighted by atomic mass is 35.5. The van der Waals surface area contributed by atoms with Gasteiger partial charge in [0.2, 0.25) is 0 Å². The number of alkyl halides is 2. The van der Waals surface area contributed by atoms with E-state index < -0.39 is 34.3 Å². The third-order valence-electron chi connectivity index (χ3n) is 6.98. The van der Waals surface area contributed by atoms with E-state index in [1.807, 2.05) is 0 Å². The Kier molecular flexibility index (Phi) is 8.36. The Balaban J connectivity index is 1.39. The SMILES string of the molecule is CC(C)(Oc1ccc(Cl)cc1S(C)(=O)=O)C(=O)NC1CC2CCC(C1)N2c1ccc(C(=O)NCC(F)F)cn1. The molecule has 2 bridgehead atoms. The predicted molar refractivity (Wildman–Crippen MR) is 142 cm³/mol. The molecule has 2 atom stereocenters. The Morgan fingerprint density at radius 2 is 1.85 bits per heavy atom. The van der Waals surface area contributed by atoms with Gasteiger partial charge < -0.3 is 20.3 Å². The van der Waals surface area contributed by atoms with Crippen molar-refractivity contribution < 1.29 is 31.5 Å². The molecule has 2 N–H and O–H groups in total. The third-order valence-corrected chi connectivity index (χ3v) is 8.33. The fourth-order valence-corrected chi connectivity index (χ4v) is 6.20. The monoisotopic (exact) mass is 584 g/mol. The van der Waals surface area contributed by atoms with Crippen molar-refractivity contribution in [3.8, 4) is 5.75 Å². The number of anilines is 1. The second kappa shape index (κ2) is 11.2. The molecule has 0 aliphatic carbocycles. The molecule has 4 rings (SSSR count). The van der Waals surface area contributed by atoms with Crippen LogP contribution in [-0.4, -0.2) is 68.2 Å². The van der Waals surface area contributed by atoms with Crippen LogP contribution in [0.25, 0.3) is 0 Å². The van der Waals surface area contributed by atoms with Gasteiger partial charge in [-0.1, -0.05) is 11.6 Å². The van der Waals surface area contributed by atoms with E-state index in [0.29, 0.717) is 18.7 Å². The molecule has 3 heterocycles. The van der Waals surface area contributed by atoms with Crippen LogP contribution in [0.2, 0.25) is 5.02 Å². The van der Waals surface area contributed by atoms with Gasteiger partial charge in [-0.2, -0.15) is 0 Å². The lowest BCUT2D eigenvalue weighted by Crippen LogP contribution is -2.55. The van der Waals surface area contributed by atoms with Crippen molar-refractivity contribution in [2.75, 3.05) is 17.7 Å². The molecule has 0 spiro atoms. The number of amides is 2. The number of carbonyl (C=O) groups is 2. The number of benzene rings is 1. The number of hydrogen-bond acceptors (Lipinski definition) is 7. The average Bonchev–Trinajstić information content (AvgIpc) is 3.12. The molecule has 2 aromatic rings. The summed E-state index contributed by atoms with van der Waals surface area (Å²) in [6.45, 7) is 2.44. The number of aromatic nitrogens is 1. The molecular weight excluding hydrogens is 554 g/mol. The van der Waals surface area contributed by atoms with Crippen LogP contribution >= 0.6 is 11.6 Å². The van der Waals surface area contributed by atoms with E-state index in [0.717, 1.165) is 19.1 Å². The highest BCUT2D eigenvalue weighted by Gasteiger charge is 2.43. The van der Waals surface area contributed by atoms with Crippen molar-refractivity contribution in [2.24, 2.45) is 0 Å². The third kappa shape index (κ3) is 6.78. The van der Waals surface area contributed by atoms with Gasteiger partial charge in [0.1, 0.15) is 16.5 Å². The molecule has 0 radical (unpaired) electrons. The smallest absolute Gasteiger partial charge is 0.263 e. The van der Waals surface area contributed by atoms with E-state index >= 15 is 0 Å². The number of sulfone groups is 1. The van der Waals surface area contributed by atoms with Crippen LogP contribution in [0, 0.1) is 0 Å². The van der Waals surface area contributed by atoms with Crippen molar-refractivity contribution >= 4 is 39.1 Å². The van der Waals surface area contributed by atoms with E-state index in [1.165, 1.54) is 24.4 Å². The number of nitrogens with one attached hydrogen (secondary N) is 2. The van der Waals surface area contributed by atoms with Crippen LogP contribution in [0.5, 0.6) is 5.75 Å². The number of rotatable bonds is 9. The first kappa shape index (κ1) is 29.0. The number of nitrogens with zero attached hydrogens (tertiary/aromatic N) is 2. The van der Waals surface area contributed by atoms with Gasteiger partial charge in [-0.25, -0.2) is 22.2 Å². The highest BCUT2D eigenvalue weighted by Crippen LogP contribution is 2.39. The summed E-state index contributed by atoms with van der Waals surface area (Å²) >= 11 is 5.97. The fourth-order valence-electron chi connectivity index (χ4n) is 5.15. The van der Waals surface area contributed by atoms with Crippen molar-refractivity contribution in [3.63, 3.8) is 0 Å². The van der Waals surface area contributed by atoms with Crippen LogP contribution < -0.4 is 20.3 Å². The molecule has 9 nitrogen and oxygen atoms in total. The number of pyridine rings is 1. The zero-order valence-corrected chi connectivity index (χ0v) is 23.4. The second-order valence-corrected chi connectivity index (χ2v) is 12.8. The number of ether oxygens (including phenoxy) is 1. The molecule has 39 heavy (non-hydrogen) atoms. The summed E-state index contributed by atoms with van der Waals surface area (Å²) in [6.07, 6.45) is 2.98. The van der Waals surface area contributed by atoms with Gasteiger partial charge in [0.05, 0.1) is 12.1 Å². The highest BCUT2D eigenvalue weighted by molar-refractivity contribution is 7.90. The minimum atomic E-state index is -3.64. The first-order chi connectivity index (χ1) is 18.2. The van der Waals surface area contributed by atoms with Gasteiger partial charge in [-0.15, -0.1) is 0 Å². The van der Waals surface area contributed by atoms with Crippen molar-refractivity contribution in [1.82, 2.24) is 15.6 Å². The quantitative estimate of drug-likeness (QED) is 0.462. The predicted octanol–water partition coefficient (Wildman–Crippen LogP) is 3.61. The Morgan fingerprint density at radius 1 is 1.18 bits per heavy atom. The van der Waals surface area contributed by atoms with Crippen molar-refractivity contribution in [3.05, 3.63) is 47.1 Å². The van der Waals surface area contributed by atoms with Crippen LogP contribution in [0.1, 0.15) is 49.9 Å². The molecule has 2 amide bonds. The second-order valence-electron chi connectivity index (χ2n) is 10.4. The molecule has 2 fully saturated rings. The number of carbonyl (C=O) groups excluding carboxylic acids is 2. The number of halogens is 3. The summed E-state index contributed by atoms with van der Waals surface area (Å²) in [7, 11) is -3.64. The first-order valence-corrected chi connectivity index (χ1v) is 14.8. The summed E-state index contributed by atoms with van der Waals surface area (Å²) in [4.78, 5) is 31.8. The van der Waals surface area contributed by atoms with E-state index in [4.69, 9.17) is 16.3 Å². The van der Waals surface area contributed by atoms with Gasteiger partial charge in [-0.3, -0.25) is 9.59 Å². The summed E-state index contributed by atoms with van der Waals surface area (Å²) in [5.41, 5.74) is -1.15. The maximum absolute atomic E-state index is 13.2. The Morgan fingerprint density at radius 3 is 2.41 bits per heavy atom. The molecular formula is C26H31ClF2N4O5S. The van der Waals surface area contributed by atoms with Gasteiger partial charge in [0.25, 0.3) is 18.2 Å². The largest absolute Gasteiger partial charge is 0.477 e. The lowest BCUT2D eigenvalue weighted by atomic mass is 9.96. The minimum absolute atomic E-state index is 0.0503. The maximum Gasteiger partial charge on any atom is 0.263 e. The average molecular weight is 585 g/mol. The summed E-state index contributed by atoms with van der Waals surface area (Å²) < 4.78 is 55.0. The molecule has 0 saturated carbocycles. The number of fused-ring (bicyclic) bond motifs is 2. The van der Waals surface area contributed by atoms with Crippen LogP contribution in [0.15, 0.2) is 41.4 Å². The standard InChI is InChI=1S/C26H31ClF2N4O5S/c1-26(2,38-20-8-5-16(27)10-21(20)39(3,36)37)25(35)32-17-11-18-6-7-19(12-17)33(18)23-9-4-15(13-30-23)24(34)31-14-22(28)29/h4-5,8-10,13,17-19,22H,6-7,11-12,14H2,1-3H3,(H,31,34)(H,32,35). The van der Waals surface area contributed by atoms with Gasteiger partial charge in [0.15, 0.2) is 15.4 Å². The Bertz CT molecular complexity index is 1330. The summed E-state index contributed by atoms with van der Waals surface area (Å²) in [6, 6.07) is 7.64. The van der Waals surface area contributed by atoms with E-state index in [1.54, 1.807) is 26.0 Å². The van der Waals surface area contributed by atoms with Crippen LogP contribution in [-0.2, 0) is 14.6 Å². The number of hydrogen-bond donors (Lipinski definition) is 2. The van der Waals surface area contributed by atoms with Crippen LogP contribution in [0.3, 0.4) is 0 Å². The van der Waals surface area contributed by atoms with E-state index in [-0.39, 0.29) is 45.3 Å². The fraction of sp³-hybridized carbons (Fsp3) is 0.500. The molecule has 2 saturated heterocycles. The summed E-state index contributed by atoms with van der Waals surface area (Å²) in [5, 5.41) is 5.47. The molecule has 2 aliphatic heterocycles. The normalized spacial score (nSPS) is 21.1. The minimum Gasteiger partial charge on any atom is -0.477 e. The molecule has 2 aliphatic rings. The lowest BCUT2D eigenvalue weighted by Gasteiger charge is -2.41. The van der Waals surface area contributed by atoms with E-state index in [2.05, 4.69) is 20.5 Å². The van der Waals surface area contributed by atoms with Crippen molar-refractivity contribution in [2.45, 2.75) is 74.6 Å². The molecule has 2 unspecified atom stereocenters. The molecule has 1 aromatic heterocycles. The summed E-state index contributed by atoms with van der Waals surface area (Å²) in [5.74, 6) is -0.232. The zero-order valence-electron chi connectivity index (χ0n) is 21.8. The van der Waals surface area contributed by atoms with Gasteiger partial charge in [-0.05, 0) is 69.9 Å². The Hall–Kier alpha value is -2.99. The molecule has 1 aromatic carbocycles. The molecule has 13 heteroatoms. The van der Waals surface area contributed by atoms with Crippen LogP contribution in [0.4, 0.5) is 14.6 Å².